The third kappa shape index (κ3) is 3.83. The zero-order valence-electron chi connectivity index (χ0n) is 17.5. The maximum atomic E-state index is 13.3. The molecule has 0 unspecified atom stereocenters. The quantitative estimate of drug-likeness (QED) is 0.554. The lowest BCUT2D eigenvalue weighted by molar-refractivity contribution is -0.180. The van der Waals surface area contributed by atoms with Crippen molar-refractivity contribution in [2.45, 2.75) is 51.7 Å². The number of nitrogens with one attached hydrogen (secondary N) is 1. The minimum Gasteiger partial charge on any atom is -0.367 e. The second-order valence-electron chi connectivity index (χ2n) is 8.62. The fraction of sp³-hybridized carbons (Fsp3) is 0.375. The zero-order chi connectivity index (χ0) is 21.5. The van der Waals surface area contributed by atoms with Crippen LogP contribution in [0.2, 0.25) is 0 Å². The first-order valence-electron chi connectivity index (χ1n) is 10.2. The molecule has 1 aliphatic heterocycles. The fourth-order valence-electron chi connectivity index (χ4n) is 3.98. The predicted molar refractivity (Wildman–Crippen MR) is 114 cm³/mol. The number of aromatic nitrogens is 2. The van der Waals surface area contributed by atoms with Crippen molar-refractivity contribution < 1.29 is 13.2 Å². The molecular weight excluding hydrogens is 387 g/mol. The van der Waals surface area contributed by atoms with Crippen LogP contribution in [0.15, 0.2) is 48.5 Å². The van der Waals surface area contributed by atoms with Gasteiger partial charge in [0.2, 0.25) is 0 Å². The van der Waals surface area contributed by atoms with E-state index in [-0.39, 0.29) is 5.56 Å². The molecule has 0 fully saturated rings. The Morgan fingerprint density at radius 1 is 1.03 bits per heavy atom. The van der Waals surface area contributed by atoms with Crippen LogP contribution in [-0.4, -0.2) is 22.9 Å². The van der Waals surface area contributed by atoms with Gasteiger partial charge in [-0.1, -0.05) is 30.3 Å². The smallest absolute Gasteiger partial charge is 0.367 e. The molecule has 4 rings (SSSR count). The van der Waals surface area contributed by atoms with Crippen molar-refractivity contribution in [3.8, 4) is 11.3 Å². The van der Waals surface area contributed by atoms with Crippen LogP contribution in [0.25, 0.3) is 11.3 Å². The van der Waals surface area contributed by atoms with E-state index in [9.17, 15) is 13.2 Å². The summed E-state index contributed by atoms with van der Waals surface area (Å²) in [6.45, 7) is 6.05. The summed E-state index contributed by atoms with van der Waals surface area (Å²) in [5, 5.41) is 7.33. The molecule has 30 heavy (non-hydrogen) atoms. The summed E-state index contributed by atoms with van der Waals surface area (Å²) in [6.07, 6.45) is -2.21. The highest BCUT2D eigenvalue weighted by Crippen LogP contribution is 2.40. The Morgan fingerprint density at radius 2 is 1.77 bits per heavy atom. The summed E-state index contributed by atoms with van der Waals surface area (Å²) in [5.74, 6) is 0. The number of rotatable bonds is 4. The molecule has 2 aromatic carbocycles. The van der Waals surface area contributed by atoms with Crippen LogP contribution in [0.1, 0.15) is 42.7 Å². The van der Waals surface area contributed by atoms with Gasteiger partial charge in [0.1, 0.15) is 0 Å². The van der Waals surface area contributed by atoms with Crippen molar-refractivity contribution in [2.24, 2.45) is 0 Å². The van der Waals surface area contributed by atoms with Gasteiger partial charge in [0.15, 0.2) is 0 Å². The minimum absolute atomic E-state index is 0.289. The Hall–Kier alpha value is -2.76. The predicted octanol–water partition coefficient (Wildman–Crippen LogP) is 6.18. The molecule has 0 aliphatic carbocycles. The number of anilines is 1. The van der Waals surface area contributed by atoms with E-state index in [1.807, 2.05) is 25.1 Å². The molecule has 1 N–H and O–H groups in total. The summed E-state index contributed by atoms with van der Waals surface area (Å²) in [5.41, 5.74) is 4.99. The first kappa shape index (κ1) is 20.5. The van der Waals surface area contributed by atoms with Gasteiger partial charge in [0.25, 0.3) is 0 Å². The molecule has 1 aliphatic rings. The summed E-state index contributed by atoms with van der Waals surface area (Å²) in [6, 6.07) is 15.3. The number of benzene rings is 2. The van der Waals surface area contributed by atoms with Gasteiger partial charge in [-0.3, -0.25) is 5.10 Å². The Labute approximate surface area is 174 Å². The van der Waals surface area contributed by atoms with E-state index in [2.05, 4.69) is 33.3 Å². The van der Waals surface area contributed by atoms with Gasteiger partial charge in [-0.25, -0.2) is 0 Å². The van der Waals surface area contributed by atoms with Crippen LogP contribution >= 0.6 is 0 Å². The standard InChI is InChI=1S/C24H26F3N3/c1-16-13-21(29-28-16)18-8-11-22-19(14-18)5-4-12-30(22)15-17-6-9-20(10-7-17)23(2,3)24(25,26)27/h6-11,13-14H,4-5,12,15H2,1-3H3,(H,28,29). The summed E-state index contributed by atoms with van der Waals surface area (Å²) < 4.78 is 39.9. The van der Waals surface area contributed by atoms with Crippen LogP contribution in [0.5, 0.6) is 0 Å². The topological polar surface area (TPSA) is 31.9 Å². The van der Waals surface area contributed by atoms with Crippen LogP contribution < -0.4 is 4.90 Å². The van der Waals surface area contributed by atoms with Crippen LogP contribution in [0.3, 0.4) is 0 Å². The molecule has 0 bridgehead atoms. The van der Waals surface area contributed by atoms with Crippen LogP contribution in [-0.2, 0) is 18.4 Å². The van der Waals surface area contributed by atoms with E-state index in [0.29, 0.717) is 6.54 Å². The minimum atomic E-state index is -4.27. The van der Waals surface area contributed by atoms with Gasteiger partial charge < -0.3 is 4.90 Å². The average molecular weight is 413 g/mol. The monoisotopic (exact) mass is 413 g/mol. The Bertz CT molecular complexity index is 1030. The van der Waals surface area contributed by atoms with Gasteiger partial charge in [0.05, 0.1) is 11.1 Å². The first-order chi connectivity index (χ1) is 14.1. The number of hydrogen-bond acceptors (Lipinski definition) is 2. The van der Waals surface area contributed by atoms with E-state index < -0.39 is 11.6 Å². The van der Waals surface area contributed by atoms with Crippen molar-refractivity contribution in [1.82, 2.24) is 10.2 Å². The number of halogens is 3. The van der Waals surface area contributed by atoms with Gasteiger partial charge in [-0.2, -0.15) is 18.3 Å². The van der Waals surface area contributed by atoms with Gasteiger partial charge >= 0.3 is 6.18 Å². The van der Waals surface area contributed by atoms with Crippen molar-refractivity contribution >= 4 is 5.69 Å². The van der Waals surface area contributed by atoms with Crippen LogP contribution in [0.4, 0.5) is 18.9 Å². The normalized spacial score (nSPS) is 14.7. The second-order valence-corrected chi connectivity index (χ2v) is 8.62. The number of fused-ring (bicyclic) bond motifs is 1. The molecule has 0 amide bonds. The number of alkyl halides is 3. The third-order valence-corrected chi connectivity index (χ3v) is 6.05. The fourth-order valence-corrected chi connectivity index (χ4v) is 3.98. The van der Waals surface area contributed by atoms with Gasteiger partial charge in [-0.15, -0.1) is 0 Å². The summed E-state index contributed by atoms with van der Waals surface area (Å²) in [7, 11) is 0. The molecule has 6 heteroatoms. The lowest BCUT2D eigenvalue weighted by Gasteiger charge is -2.32. The SMILES string of the molecule is Cc1cc(-c2ccc3c(c2)CCCN3Cc2ccc(C(C)(C)C(F)(F)F)cc2)n[nH]1. The molecule has 3 nitrogen and oxygen atoms in total. The molecule has 3 aromatic rings. The van der Waals surface area contributed by atoms with Crippen molar-refractivity contribution in [2.75, 3.05) is 11.4 Å². The Kier molecular flexibility index (Phi) is 5.12. The average Bonchev–Trinajstić information content (AvgIpc) is 3.14. The lowest BCUT2D eigenvalue weighted by Crippen LogP contribution is -2.36. The summed E-state index contributed by atoms with van der Waals surface area (Å²) >= 11 is 0. The molecule has 0 atom stereocenters. The number of hydrogen-bond donors (Lipinski definition) is 1. The third-order valence-electron chi connectivity index (χ3n) is 6.05. The molecule has 0 spiro atoms. The molecule has 158 valence electrons. The molecule has 1 aromatic heterocycles. The summed E-state index contributed by atoms with van der Waals surface area (Å²) in [4.78, 5) is 2.31. The molecule has 0 saturated heterocycles. The highest BCUT2D eigenvalue weighted by atomic mass is 19.4. The van der Waals surface area contributed by atoms with E-state index in [0.717, 1.165) is 41.9 Å². The van der Waals surface area contributed by atoms with E-state index in [1.54, 1.807) is 12.1 Å². The largest absolute Gasteiger partial charge is 0.397 e. The van der Waals surface area contributed by atoms with E-state index >= 15 is 0 Å². The number of aryl methyl sites for hydroxylation is 2. The second kappa shape index (κ2) is 7.49. The van der Waals surface area contributed by atoms with Crippen LogP contribution in [0, 0.1) is 6.92 Å². The molecule has 0 saturated carbocycles. The van der Waals surface area contributed by atoms with E-state index in [1.165, 1.54) is 25.1 Å². The van der Waals surface area contributed by atoms with Crippen molar-refractivity contribution in [3.05, 3.63) is 70.9 Å². The molecule has 0 radical (unpaired) electrons. The number of H-pyrrole nitrogens is 1. The molecule has 2 heterocycles. The number of aromatic amines is 1. The van der Waals surface area contributed by atoms with Crippen molar-refractivity contribution in [3.63, 3.8) is 0 Å². The highest BCUT2D eigenvalue weighted by molar-refractivity contribution is 5.67. The Balaban J connectivity index is 1.54. The highest BCUT2D eigenvalue weighted by Gasteiger charge is 2.48. The maximum absolute atomic E-state index is 13.3. The van der Waals surface area contributed by atoms with Gasteiger partial charge in [0, 0.05) is 30.0 Å². The van der Waals surface area contributed by atoms with Crippen molar-refractivity contribution in [1.29, 1.82) is 0 Å². The van der Waals surface area contributed by atoms with Gasteiger partial charge in [-0.05, 0) is 68.5 Å². The molecular formula is C24H26F3N3. The first-order valence-corrected chi connectivity index (χ1v) is 10.2. The maximum Gasteiger partial charge on any atom is 0.397 e. The van der Waals surface area contributed by atoms with E-state index in [4.69, 9.17) is 0 Å². The number of nitrogens with zero attached hydrogens (tertiary/aromatic N) is 2. The zero-order valence-corrected chi connectivity index (χ0v) is 17.5. The Morgan fingerprint density at radius 3 is 2.40 bits per heavy atom. The lowest BCUT2D eigenvalue weighted by atomic mass is 9.83.